The van der Waals surface area contributed by atoms with Crippen LogP contribution in [0.15, 0.2) is 36.4 Å². The summed E-state index contributed by atoms with van der Waals surface area (Å²) < 4.78 is 0. The highest BCUT2D eigenvalue weighted by molar-refractivity contribution is 5.80. The molecule has 2 aliphatic carbocycles. The van der Waals surface area contributed by atoms with Gasteiger partial charge < -0.3 is 0 Å². The van der Waals surface area contributed by atoms with Gasteiger partial charge in [0.1, 0.15) is 5.78 Å². The van der Waals surface area contributed by atoms with E-state index >= 15 is 0 Å². The van der Waals surface area contributed by atoms with Crippen molar-refractivity contribution in [2.75, 3.05) is 0 Å². The van der Waals surface area contributed by atoms with Crippen LogP contribution in [-0.4, -0.2) is 5.78 Å². The molecule has 32 heavy (non-hydrogen) atoms. The highest BCUT2D eigenvalue weighted by atomic mass is 16.1. The maximum Gasteiger partial charge on any atom is 0.134 e. The zero-order valence-corrected chi connectivity index (χ0v) is 20.8. The van der Waals surface area contributed by atoms with E-state index in [4.69, 9.17) is 0 Å². The third kappa shape index (κ3) is 5.03. The summed E-state index contributed by atoms with van der Waals surface area (Å²) in [7, 11) is 0. The molecular weight excluding hydrogens is 388 g/mol. The quantitative estimate of drug-likeness (QED) is 0.410. The SMILES string of the molecule is Cc1cccc(C)c1[C@H](CC(=O)C[C@@H](c1c(C)cccc1C)C1CCCC1)C1CCCC1. The standard InChI is InChI=1S/C31H42O/c1-21-11-9-12-22(2)30(21)28(25-15-5-6-16-25)19-27(32)20-29(26-17-7-8-18-26)31-23(3)13-10-14-24(31)4/h9-14,25-26,28-29H,5-8,15-20H2,1-4H3/t28-,29-/m1/s1. The Labute approximate surface area is 196 Å². The Bertz CT molecular complexity index is 811. The summed E-state index contributed by atoms with van der Waals surface area (Å²) in [6, 6.07) is 13.3. The van der Waals surface area contributed by atoms with Crippen LogP contribution in [0.4, 0.5) is 0 Å². The van der Waals surface area contributed by atoms with E-state index < -0.39 is 0 Å². The smallest absolute Gasteiger partial charge is 0.134 e. The van der Waals surface area contributed by atoms with E-state index in [9.17, 15) is 4.79 Å². The number of carbonyl (C=O) groups excluding carboxylic acids is 1. The molecule has 2 aromatic carbocycles. The summed E-state index contributed by atoms with van der Waals surface area (Å²) in [6.45, 7) is 8.97. The van der Waals surface area contributed by atoms with Crippen LogP contribution in [0.25, 0.3) is 0 Å². The Morgan fingerprint density at radius 1 is 0.656 bits per heavy atom. The summed E-state index contributed by atoms with van der Waals surface area (Å²) >= 11 is 0. The number of benzene rings is 2. The van der Waals surface area contributed by atoms with E-state index in [1.54, 1.807) is 0 Å². The minimum Gasteiger partial charge on any atom is -0.300 e. The number of Topliss-reactive ketones (excluding diaryl/α,β-unsaturated/α-hetero) is 1. The third-order valence-electron chi connectivity index (χ3n) is 8.66. The molecule has 0 bridgehead atoms. The molecule has 4 rings (SSSR count). The number of carbonyl (C=O) groups is 1. The van der Waals surface area contributed by atoms with Crippen molar-refractivity contribution in [1.82, 2.24) is 0 Å². The third-order valence-corrected chi connectivity index (χ3v) is 8.66. The molecule has 2 saturated carbocycles. The molecule has 2 aromatic rings. The second kappa shape index (κ2) is 10.4. The van der Waals surface area contributed by atoms with Gasteiger partial charge in [0.05, 0.1) is 0 Å². The fourth-order valence-electron chi connectivity index (χ4n) is 7.13. The lowest BCUT2D eigenvalue weighted by Gasteiger charge is -2.30. The zero-order valence-electron chi connectivity index (χ0n) is 20.8. The minimum absolute atomic E-state index is 0.397. The zero-order chi connectivity index (χ0) is 22.7. The Morgan fingerprint density at radius 2 is 0.969 bits per heavy atom. The Kier molecular flexibility index (Phi) is 7.54. The highest BCUT2D eigenvalue weighted by Crippen LogP contribution is 2.45. The van der Waals surface area contributed by atoms with Crippen LogP contribution in [0.3, 0.4) is 0 Å². The molecule has 0 aromatic heterocycles. The summed E-state index contributed by atoms with van der Waals surface area (Å²) in [5.74, 6) is 2.62. The second-order valence-corrected chi connectivity index (χ2v) is 10.9. The van der Waals surface area contributed by atoms with Gasteiger partial charge in [-0.2, -0.15) is 0 Å². The van der Waals surface area contributed by atoms with Crippen molar-refractivity contribution in [3.63, 3.8) is 0 Å². The summed E-state index contributed by atoms with van der Waals surface area (Å²) in [6.07, 6.45) is 11.9. The van der Waals surface area contributed by atoms with Gasteiger partial charge in [0.25, 0.3) is 0 Å². The van der Waals surface area contributed by atoms with Gasteiger partial charge in [-0.05, 0) is 110 Å². The lowest BCUT2D eigenvalue weighted by Crippen LogP contribution is -2.21. The van der Waals surface area contributed by atoms with Gasteiger partial charge in [0, 0.05) is 12.8 Å². The predicted octanol–water partition coefficient (Wildman–Crippen LogP) is 8.52. The normalized spacial score (nSPS) is 19.4. The molecule has 2 aliphatic rings. The van der Waals surface area contributed by atoms with E-state index in [0.29, 0.717) is 29.5 Å². The lowest BCUT2D eigenvalue weighted by molar-refractivity contribution is -0.120. The molecule has 0 aliphatic heterocycles. The fourth-order valence-corrected chi connectivity index (χ4v) is 7.13. The monoisotopic (exact) mass is 430 g/mol. The van der Waals surface area contributed by atoms with Gasteiger partial charge >= 0.3 is 0 Å². The van der Waals surface area contributed by atoms with Gasteiger partial charge in [-0.25, -0.2) is 0 Å². The average Bonchev–Trinajstić information content (AvgIpc) is 3.46. The number of hydrogen-bond donors (Lipinski definition) is 0. The van der Waals surface area contributed by atoms with Crippen LogP contribution < -0.4 is 0 Å². The number of ketones is 1. The molecule has 0 saturated heterocycles. The van der Waals surface area contributed by atoms with Crippen molar-refractivity contribution in [3.05, 3.63) is 69.8 Å². The molecule has 1 heteroatoms. The first-order valence-electron chi connectivity index (χ1n) is 13.1. The van der Waals surface area contributed by atoms with Crippen molar-refractivity contribution in [2.24, 2.45) is 11.8 Å². The van der Waals surface area contributed by atoms with Crippen LogP contribution in [0, 0.1) is 39.5 Å². The predicted molar refractivity (Wildman–Crippen MR) is 135 cm³/mol. The Balaban J connectivity index is 1.60. The van der Waals surface area contributed by atoms with Crippen molar-refractivity contribution in [1.29, 1.82) is 0 Å². The van der Waals surface area contributed by atoms with Crippen molar-refractivity contribution in [2.45, 2.75) is 104 Å². The maximum absolute atomic E-state index is 13.8. The average molecular weight is 431 g/mol. The largest absolute Gasteiger partial charge is 0.300 e. The van der Waals surface area contributed by atoms with Crippen LogP contribution in [-0.2, 0) is 4.79 Å². The van der Waals surface area contributed by atoms with E-state index in [1.807, 2.05) is 0 Å². The van der Waals surface area contributed by atoms with Gasteiger partial charge in [-0.3, -0.25) is 4.79 Å². The summed E-state index contributed by atoms with van der Waals surface area (Å²) in [5, 5.41) is 0. The maximum atomic E-state index is 13.8. The Hall–Kier alpha value is -1.89. The van der Waals surface area contributed by atoms with Crippen LogP contribution >= 0.6 is 0 Å². The number of hydrogen-bond acceptors (Lipinski definition) is 1. The van der Waals surface area contributed by atoms with Crippen LogP contribution in [0.1, 0.15) is 109 Å². The van der Waals surface area contributed by atoms with Gasteiger partial charge in [0.15, 0.2) is 0 Å². The van der Waals surface area contributed by atoms with Gasteiger partial charge in [0.2, 0.25) is 0 Å². The number of aryl methyl sites for hydroxylation is 4. The van der Waals surface area contributed by atoms with Gasteiger partial charge in [-0.1, -0.05) is 62.1 Å². The van der Waals surface area contributed by atoms with E-state index in [1.165, 1.54) is 84.7 Å². The summed E-state index contributed by atoms with van der Waals surface area (Å²) in [5.41, 5.74) is 8.43. The second-order valence-electron chi connectivity index (χ2n) is 10.9. The highest BCUT2D eigenvalue weighted by Gasteiger charge is 2.34. The molecule has 2 atom stereocenters. The van der Waals surface area contributed by atoms with Crippen molar-refractivity contribution >= 4 is 5.78 Å². The van der Waals surface area contributed by atoms with Crippen LogP contribution in [0.5, 0.6) is 0 Å². The minimum atomic E-state index is 0.397. The van der Waals surface area contributed by atoms with E-state index in [-0.39, 0.29) is 0 Å². The van der Waals surface area contributed by atoms with Gasteiger partial charge in [-0.15, -0.1) is 0 Å². The topological polar surface area (TPSA) is 17.1 Å². The van der Waals surface area contributed by atoms with Crippen molar-refractivity contribution in [3.8, 4) is 0 Å². The van der Waals surface area contributed by atoms with E-state index in [2.05, 4.69) is 64.1 Å². The van der Waals surface area contributed by atoms with Crippen molar-refractivity contribution < 1.29 is 4.79 Å². The molecule has 0 amide bonds. The molecule has 2 fully saturated rings. The molecular formula is C31H42O. The first kappa shape index (κ1) is 23.3. The molecule has 0 radical (unpaired) electrons. The fraction of sp³-hybridized carbons (Fsp3) is 0.581. The Morgan fingerprint density at radius 3 is 1.28 bits per heavy atom. The first-order chi connectivity index (χ1) is 15.5. The summed E-state index contributed by atoms with van der Waals surface area (Å²) in [4.78, 5) is 13.8. The molecule has 172 valence electrons. The molecule has 1 nitrogen and oxygen atoms in total. The molecule has 0 unspecified atom stereocenters. The first-order valence-corrected chi connectivity index (χ1v) is 13.1. The lowest BCUT2D eigenvalue weighted by atomic mass is 9.74. The molecule has 0 spiro atoms. The van der Waals surface area contributed by atoms with E-state index in [0.717, 1.165) is 12.8 Å². The molecule has 0 N–H and O–H groups in total. The number of rotatable bonds is 8. The molecule has 0 heterocycles. The van der Waals surface area contributed by atoms with Crippen LogP contribution in [0.2, 0.25) is 0 Å².